The van der Waals surface area contributed by atoms with Crippen LogP contribution >= 0.6 is 0 Å². The fourth-order valence-electron chi connectivity index (χ4n) is 2.18. The van der Waals surface area contributed by atoms with Crippen molar-refractivity contribution in [1.82, 2.24) is 10.6 Å². The van der Waals surface area contributed by atoms with Gasteiger partial charge in [0.2, 0.25) is 0 Å². The highest BCUT2D eigenvalue weighted by Gasteiger charge is 2.29. The minimum absolute atomic E-state index is 0.000972. The molecule has 1 aromatic carbocycles. The fourth-order valence-corrected chi connectivity index (χ4v) is 2.18. The number of carbonyl (C=O) groups excluding carboxylic acids is 1. The number of nitrogens with one attached hydrogen (secondary N) is 2. The van der Waals surface area contributed by atoms with Crippen LogP contribution in [0.25, 0.3) is 0 Å². The van der Waals surface area contributed by atoms with E-state index < -0.39 is 0 Å². The van der Waals surface area contributed by atoms with Gasteiger partial charge in [0.15, 0.2) is 0 Å². The lowest BCUT2D eigenvalue weighted by Gasteiger charge is -2.18. The molecule has 2 rings (SSSR count). The van der Waals surface area contributed by atoms with Gasteiger partial charge in [0.05, 0.1) is 6.04 Å². The summed E-state index contributed by atoms with van der Waals surface area (Å²) in [5, 5.41) is 6.06. The molecular weight excluding hydrogens is 214 g/mol. The molecular formula is C13H19N3O. The maximum absolute atomic E-state index is 11.9. The quantitative estimate of drug-likeness (QED) is 0.829. The number of anilines is 1. The minimum atomic E-state index is -0.000972. The monoisotopic (exact) mass is 233 g/mol. The van der Waals surface area contributed by atoms with Gasteiger partial charge in [-0.25, -0.2) is 4.79 Å². The van der Waals surface area contributed by atoms with E-state index in [1.165, 1.54) is 5.56 Å². The second kappa shape index (κ2) is 4.75. The molecule has 1 saturated heterocycles. The lowest BCUT2D eigenvalue weighted by Crippen LogP contribution is -2.35. The SMILES string of the molecule is CNCC1CN(c2cc(C)ccc2C)C(=O)N1. The molecule has 0 aromatic heterocycles. The smallest absolute Gasteiger partial charge is 0.322 e. The van der Waals surface area contributed by atoms with Crippen LogP contribution in [0.5, 0.6) is 0 Å². The molecule has 0 radical (unpaired) electrons. The van der Waals surface area contributed by atoms with Crippen LogP contribution in [0.3, 0.4) is 0 Å². The van der Waals surface area contributed by atoms with Gasteiger partial charge in [-0.3, -0.25) is 4.90 Å². The van der Waals surface area contributed by atoms with Crippen LogP contribution in [0.2, 0.25) is 0 Å². The van der Waals surface area contributed by atoms with E-state index in [1.807, 2.05) is 25.8 Å². The van der Waals surface area contributed by atoms with E-state index in [-0.39, 0.29) is 12.1 Å². The number of rotatable bonds is 3. The summed E-state index contributed by atoms with van der Waals surface area (Å²) >= 11 is 0. The average molecular weight is 233 g/mol. The molecule has 92 valence electrons. The van der Waals surface area contributed by atoms with E-state index in [2.05, 4.69) is 28.8 Å². The first-order chi connectivity index (χ1) is 8.11. The van der Waals surface area contributed by atoms with Crippen molar-refractivity contribution in [1.29, 1.82) is 0 Å². The number of amides is 2. The minimum Gasteiger partial charge on any atom is -0.332 e. The highest BCUT2D eigenvalue weighted by atomic mass is 16.2. The van der Waals surface area contributed by atoms with Crippen LogP contribution in [0, 0.1) is 13.8 Å². The highest BCUT2D eigenvalue weighted by Crippen LogP contribution is 2.24. The zero-order chi connectivity index (χ0) is 12.4. The average Bonchev–Trinajstić information content (AvgIpc) is 2.64. The van der Waals surface area contributed by atoms with Crippen molar-refractivity contribution < 1.29 is 4.79 Å². The Balaban J connectivity index is 2.22. The Bertz CT molecular complexity index is 431. The number of hydrogen-bond acceptors (Lipinski definition) is 2. The van der Waals surface area contributed by atoms with Gasteiger partial charge in [-0.1, -0.05) is 12.1 Å². The number of likely N-dealkylation sites (N-methyl/N-ethyl adjacent to an activating group) is 1. The summed E-state index contributed by atoms with van der Waals surface area (Å²) in [6.45, 7) is 5.60. The zero-order valence-electron chi connectivity index (χ0n) is 10.6. The molecule has 1 fully saturated rings. The van der Waals surface area contributed by atoms with E-state index in [1.54, 1.807) is 0 Å². The van der Waals surface area contributed by atoms with Crippen molar-refractivity contribution in [3.63, 3.8) is 0 Å². The van der Waals surface area contributed by atoms with E-state index in [0.29, 0.717) is 0 Å². The first kappa shape index (κ1) is 11.9. The molecule has 4 heteroatoms. The van der Waals surface area contributed by atoms with Crippen LogP contribution in [0.4, 0.5) is 10.5 Å². The Labute approximate surface area is 102 Å². The van der Waals surface area contributed by atoms with E-state index >= 15 is 0 Å². The van der Waals surface area contributed by atoms with Gasteiger partial charge in [0, 0.05) is 18.8 Å². The second-order valence-corrected chi connectivity index (χ2v) is 4.60. The molecule has 2 amide bonds. The third-order valence-corrected chi connectivity index (χ3v) is 3.08. The number of aryl methyl sites for hydroxylation is 2. The molecule has 0 saturated carbocycles. The molecule has 0 bridgehead atoms. The number of carbonyl (C=O) groups is 1. The summed E-state index contributed by atoms with van der Waals surface area (Å²) in [5.41, 5.74) is 3.33. The van der Waals surface area contributed by atoms with Crippen LogP contribution in [0.1, 0.15) is 11.1 Å². The Morgan fingerprint density at radius 3 is 2.94 bits per heavy atom. The van der Waals surface area contributed by atoms with Gasteiger partial charge in [-0.15, -0.1) is 0 Å². The molecule has 1 atom stereocenters. The van der Waals surface area contributed by atoms with Crippen molar-refractivity contribution in [3.8, 4) is 0 Å². The van der Waals surface area contributed by atoms with E-state index in [9.17, 15) is 4.79 Å². The molecule has 17 heavy (non-hydrogen) atoms. The Morgan fingerprint density at radius 2 is 2.24 bits per heavy atom. The fraction of sp³-hybridized carbons (Fsp3) is 0.462. The Morgan fingerprint density at radius 1 is 1.47 bits per heavy atom. The summed E-state index contributed by atoms with van der Waals surface area (Å²) in [5.74, 6) is 0. The molecule has 1 heterocycles. The number of benzene rings is 1. The van der Waals surface area contributed by atoms with Crippen molar-refractivity contribution in [2.45, 2.75) is 19.9 Å². The molecule has 1 unspecified atom stereocenters. The lowest BCUT2D eigenvalue weighted by atomic mass is 10.1. The maximum atomic E-state index is 11.9. The molecule has 0 spiro atoms. The lowest BCUT2D eigenvalue weighted by molar-refractivity contribution is 0.250. The van der Waals surface area contributed by atoms with E-state index in [0.717, 1.165) is 24.3 Å². The predicted molar refractivity (Wildman–Crippen MR) is 69.5 cm³/mol. The molecule has 1 aliphatic rings. The van der Waals surface area contributed by atoms with Crippen LogP contribution < -0.4 is 15.5 Å². The van der Waals surface area contributed by atoms with Gasteiger partial charge in [-0.05, 0) is 38.1 Å². The van der Waals surface area contributed by atoms with Gasteiger partial charge in [-0.2, -0.15) is 0 Å². The molecule has 1 aromatic rings. The third kappa shape index (κ3) is 2.42. The number of urea groups is 1. The molecule has 2 N–H and O–H groups in total. The summed E-state index contributed by atoms with van der Waals surface area (Å²) < 4.78 is 0. The first-order valence-corrected chi connectivity index (χ1v) is 5.91. The Hall–Kier alpha value is -1.55. The first-order valence-electron chi connectivity index (χ1n) is 5.91. The topological polar surface area (TPSA) is 44.4 Å². The number of hydrogen-bond donors (Lipinski definition) is 2. The van der Waals surface area contributed by atoms with Gasteiger partial charge >= 0.3 is 6.03 Å². The van der Waals surface area contributed by atoms with Crippen LogP contribution in [-0.2, 0) is 0 Å². The highest BCUT2D eigenvalue weighted by molar-refractivity contribution is 5.95. The van der Waals surface area contributed by atoms with Crippen LogP contribution in [0.15, 0.2) is 18.2 Å². The largest absolute Gasteiger partial charge is 0.332 e. The van der Waals surface area contributed by atoms with Crippen molar-refractivity contribution in [3.05, 3.63) is 29.3 Å². The van der Waals surface area contributed by atoms with Crippen LogP contribution in [-0.4, -0.2) is 32.2 Å². The van der Waals surface area contributed by atoms with Crippen molar-refractivity contribution >= 4 is 11.7 Å². The maximum Gasteiger partial charge on any atom is 0.322 e. The summed E-state index contributed by atoms with van der Waals surface area (Å²) in [7, 11) is 1.90. The second-order valence-electron chi connectivity index (χ2n) is 4.60. The van der Waals surface area contributed by atoms with Crippen molar-refractivity contribution in [2.75, 3.05) is 25.0 Å². The van der Waals surface area contributed by atoms with E-state index in [4.69, 9.17) is 0 Å². The van der Waals surface area contributed by atoms with Gasteiger partial charge in [0.25, 0.3) is 0 Å². The standard InChI is InChI=1S/C13H19N3O/c1-9-4-5-10(2)12(6-9)16-8-11(7-14-3)15-13(16)17/h4-6,11,14H,7-8H2,1-3H3,(H,15,17). The normalized spacial score (nSPS) is 19.6. The molecule has 4 nitrogen and oxygen atoms in total. The molecule has 0 aliphatic carbocycles. The summed E-state index contributed by atoms with van der Waals surface area (Å²) in [4.78, 5) is 13.7. The molecule has 1 aliphatic heterocycles. The number of nitrogens with zero attached hydrogens (tertiary/aromatic N) is 1. The summed E-state index contributed by atoms with van der Waals surface area (Å²) in [6.07, 6.45) is 0. The third-order valence-electron chi connectivity index (χ3n) is 3.08. The summed E-state index contributed by atoms with van der Waals surface area (Å²) in [6, 6.07) is 6.38. The Kier molecular flexibility index (Phi) is 3.33. The zero-order valence-corrected chi connectivity index (χ0v) is 10.6. The van der Waals surface area contributed by atoms with Gasteiger partial charge in [0.1, 0.15) is 0 Å². The van der Waals surface area contributed by atoms with Gasteiger partial charge < -0.3 is 10.6 Å². The van der Waals surface area contributed by atoms with Crippen molar-refractivity contribution in [2.24, 2.45) is 0 Å². The predicted octanol–water partition coefficient (Wildman–Crippen LogP) is 1.42.